The summed E-state index contributed by atoms with van der Waals surface area (Å²) in [6.45, 7) is 4.76. The molecule has 1 rings (SSSR count). The summed E-state index contributed by atoms with van der Waals surface area (Å²) in [5.41, 5.74) is 0.499. The van der Waals surface area contributed by atoms with Crippen LogP contribution >= 0.6 is 0 Å². The van der Waals surface area contributed by atoms with Crippen LogP contribution in [-0.4, -0.2) is 11.5 Å². The smallest absolute Gasteiger partial charge is 0.146 e. The van der Waals surface area contributed by atoms with Crippen LogP contribution in [0.1, 0.15) is 44.8 Å². The van der Waals surface area contributed by atoms with E-state index < -0.39 is 0 Å². The fourth-order valence-corrected chi connectivity index (χ4v) is 1.65. The molecule has 0 amide bonds. The summed E-state index contributed by atoms with van der Waals surface area (Å²) < 4.78 is 13.6. The predicted octanol–water partition coefficient (Wildman–Crippen LogP) is 3.06. The van der Waals surface area contributed by atoms with Gasteiger partial charge in [0.15, 0.2) is 0 Å². The Balaban J connectivity index is 2.73. The van der Waals surface area contributed by atoms with Crippen molar-refractivity contribution in [2.75, 3.05) is 6.54 Å². The second-order valence-electron chi connectivity index (χ2n) is 3.84. The molecule has 0 aliphatic carbocycles. The van der Waals surface area contributed by atoms with Crippen molar-refractivity contribution in [2.24, 2.45) is 0 Å². The molecule has 3 heteroatoms. The van der Waals surface area contributed by atoms with Gasteiger partial charge in [-0.1, -0.05) is 6.92 Å². The normalized spacial score (nSPS) is 11.7. The Morgan fingerprint density at radius 1 is 1.53 bits per heavy atom. The average Bonchev–Trinajstić information content (AvgIpc) is 2.35. The maximum Gasteiger partial charge on any atom is 0.146 e. The van der Waals surface area contributed by atoms with Gasteiger partial charge in [-0.15, -0.1) is 11.8 Å². The summed E-state index contributed by atoms with van der Waals surface area (Å²) in [6, 6.07) is 3.02. The Hall–Kier alpha value is -1.40. The molecule has 1 aromatic heterocycles. The van der Waals surface area contributed by atoms with Crippen LogP contribution in [0.25, 0.3) is 0 Å². The zero-order valence-corrected chi connectivity index (χ0v) is 10.5. The fraction of sp³-hybridized carbons (Fsp3) is 0.500. The van der Waals surface area contributed by atoms with Gasteiger partial charge in [-0.3, -0.25) is 4.98 Å². The maximum absolute atomic E-state index is 13.6. The highest BCUT2D eigenvalue weighted by atomic mass is 19.1. The Morgan fingerprint density at radius 3 is 3.00 bits per heavy atom. The van der Waals surface area contributed by atoms with Crippen molar-refractivity contribution in [1.82, 2.24) is 10.3 Å². The average molecular weight is 234 g/mol. The van der Waals surface area contributed by atoms with Crippen molar-refractivity contribution in [2.45, 2.75) is 39.2 Å². The lowest BCUT2D eigenvalue weighted by atomic mass is 10.1. The SMILES string of the molecule is CC#CCCC(NCCC)c1ncccc1F. The van der Waals surface area contributed by atoms with E-state index in [1.165, 1.54) is 6.07 Å². The first-order chi connectivity index (χ1) is 8.29. The quantitative estimate of drug-likeness (QED) is 0.765. The second-order valence-corrected chi connectivity index (χ2v) is 3.84. The molecule has 1 heterocycles. The summed E-state index contributed by atoms with van der Waals surface area (Å²) in [4.78, 5) is 4.12. The standard InChI is InChI=1S/C14H19FN2/c1-3-5-6-9-13(16-10-4-2)14-12(15)8-7-11-17-14/h7-8,11,13,16H,4,6,9-10H2,1-2H3. The van der Waals surface area contributed by atoms with Gasteiger partial charge in [0.05, 0.1) is 11.7 Å². The first kappa shape index (κ1) is 13.7. The number of rotatable bonds is 6. The van der Waals surface area contributed by atoms with Crippen LogP contribution in [0.3, 0.4) is 0 Å². The molecular weight excluding hydrogens is 215 g/mol. The molecule has 0 aliphatic rings. The molecule has 2 nitrogen and oxygen atoms in total. The van der Waals surface area contributed by atoms with E-state index in [4.69, 9.17) is 0 Å². The van der Waals surface area contributed by atoms with Crippen molar-refractivity contribution in [3.8, 4) is 11.8 Å². The van der Waals surface area contributed by atoms with Crippen molar-refractivity contribution < 1.29 is 4.39 Å². The van der Waals surface area contributed by atoms with Crippen molar-refractivity contribution in [3.05, 3.63) is 29.8 Å². The molecule has 17 heavy (non-hydrogen) atoms. The Kier molecular flexibility index (Phi) is 6.27. The summed E-state index contributed by atoms with van der Waals surface area (Å²) in [5, 5.41) is 3.32. The highest BCUT2D eigenvalue weighted by Crippen LogP contribution is 2.18. The van der Waals surface area contributed by atoms with Crippen LogP contribution in [-0.2, 0) is 0 Å². The number of hydrogen-bond acceptors (Lipinski definition) is 2. The third kappa shape index (κ3) is 4.54. The van der Waals surface area contributed by atoms with Crippen LogP contribution in [0.4, 0.5) is 4.39 Å². The van der Waals surface area contributed by atoms with E-state index in [0.717, 1.165) is 25.8 Å². The van der Waals surface area contributed by atoms with Crippen LogP contribution in [0.15, 0.2) is 18.3 Å². The fourth-order valence-electron chi connectivity index (χ4n) is 1.65. The van der Waals surface area contributed by atoms with Crippen molar-refractivity contribution in [1.29, 1.82) is 0 Å². The Labute approximate surface area is 103 Å². The summed E-state index contributed by atoms with van der Waals surface area (Å²) >= 11 is 0. The number of nitrogens with zero attached hydrogens (tertiary/aromatic N) is 1. The van der Waals surface area contributed by atoms with E-state index in [-0.39, 0.29) is 11.9 Å². The third-order valence-electron chi connectivity index (χ3n) is 2.49. The lowest BCUT2D eigenvalue weighted by Crippen LogP contribution is -2.24. The topological polar surface area (TPSA) is 24.9 Å². The molecule has 0 fully saturated rings. The molecule has 0 aliphatic heterocycles. The first-order valence-corrected chi connectivity index (χ1v) is 6.03. The first-order valence-electron chi connectivity index (χ1n) is 6.03. The van der Waals surface area contributed by atoms with E-state index in [0.29, 0.717) is 5.69 Å². The van der Waals surface area contributed by atoms with E-state index in [1.54, 1.807) is 12.3 Å². The highest BCUT2D eigenvalue weighted by molar-refractivity contribution is 5.12. The number of pyridine rings is 1. The van der Waals surface area contributed by atoms with Gasteiger partial charge in [0.25, 0.3) is 0 Å². The zero-order valence-electron chi connectivity index (χ0n) is 10.5. The molecule has 92 valence electrons. The molecule has 1 N–H and O–H groups in total. The second kappa shape index (κ2) is 7.81. The van der Waals surface area contributed by atoms with Gasteiger partial charge in [-0.25, -0.2) is 4.39 Å². The molecule has 1 unspecified atom stereocenters. The largest absolute Gasteiger partial charge is 0.309 e. The lowest BCUT2D eigenvalue weighted by Gasteiger charge is -2.17. The molecule has 0 saturated carbocycles. The van der Waals surface area contributed by atoms with Crippen LogP contribution < -0.4 is 5.32 Å². The zero-order chi connectivity index (χ0) is 12.5. The van der Waals surface area contributed by atoms with Crippen molar-refractivity contribution >= 4 is 0 Å². The van der Waals surface area contributed by atoms with Crippen LogP contribution in [0, 0.1) is 17.7 Å². The van der Waals surface area contributed by atoms with Crippen LogP contribution in [0.5, 0.6) is 0 Å². The van der Waals surface area contributed by atoms with Gasteiger partial charge in [0.2, 0.25) is 0 Å². The third-order valence-corrected chi connectivity index (χ3v) is 2.49. The molecule has 0 spiro atoms. The molecule has 0 saturated heterocycles. The minimum Gasteiger partial charge on any atom is -0.309 e. The number of aromatic nitrogens is 1. The minimum atomic E-state index is -0.245. The predicted molar refractivity (Wildman–Crippen MR) is 67.9 cm³/mol. The van der Waals surface area contributed by atoms with Crippen molar-refractivity contribution in [3.63, 3.8) is 0 Å². The van der Waals surface area contributed by atoms with E-state index in [2.05, 4.69) is 29.1 Å². The van der Waals surface area contributed by atoms with Gasteiger partial charge in [0, 0.05) is 12.6 Å². The molecule has 1 atom stereocenters. The van der Waals surface area contributed by atoms with Gasteiger partial charge >= 0.3 is 0 Å². The molecular formula is C14H19FN2. The summed E-state index contributed by atoms with van der Waals surface area (Å²) in [7, 11) is 0. The van der Waals surface area contributed by atoms with Gasteiger partial charge < -0.3 is 5.32 Å². The molecule has 0 bridgehead atoms. The summed E-state index contributed by atoms with van der Waals surface area (Å²) in [6.07, 6.45) is 4.19. The summed E-state index contributed by atoms with van der Waals surface area (Å²) in [5.74, 6) is 5.61. The molecule has 1 aromatic rings. The number of hydrogen-bond donors (Lipinski definition) is 1. The monoisotopic (exact) mass is 234 g/mol. The van der Waals surface area contributed by atoms with Gasteiger partial charge in [0.1, 0.15) is 5.82 Å². The van der Waals surface area contributed by atoms with Gasteiger partial charge in [-0.2, -0.15) is 0 Å². The molecule has 0 aromatic carbocycles. The lowest BCUT2D eigenvalue weighted by molar-refractivity contribution is 0.465. The maximum atomic E-state index is 13.6. The van der Waals surface area contributed by atoms with E-state index in [9.17, 15) is 4.39 Å². The molecule has 0 radical (unpaired) electrons. The van der Waals surface area contributed by atoms with Gasteiger partial charge in [-0.05, 0) is 38.4 Å². The van der Waals surface area contributed by atoms with E-state index >= 15 is 0 Å². The highest BCUT2D eigenvalue weighted by Gasteiger charge is 2.15. The van der Waals surface area contributed by atoms with E-state index in [1.807, 2.05) is 6.92 Å². The van der Waals surface area contributed by atoms with Crippen LogP contribution in [0.2, 0.25) is 0 Å². The number of halogens is 1. The minimum absolute atomic E-state index is 0.0444. The number of nitrogens with one attached hydrogen (secondary N) is 1. The Morgan fingerprint density at radius 2 is 2.35 bits per heavy atom. The Bertz CT molecular complexity index is 393.